The Bertz CT molecular complexity index is 382. The molecule has 0 spiro atoms. The van der Waals surface area contributed by atoms with E-state index in [4.69, 9.17) is 4.52 Å². The van der Waals surface area contributed by atoms with Crippen LogP contribution in [0.1, 0.15) is 37.7 Å². The SMILES string of the molecule is CP(=O)(OCc1ccccc1)C1CCCCC1. The second-order valence-electron chi connectivity index (χ2n) is 4.96. The van der Waals surface area contributed by atoms with E-state index in [0.717, 1.165) is 18.4 Å². The lowest BCUT2D eigenvalue weighted by Gasteiger charge is -2.27. The molecule has 0 saturated heterocycles. The van der Waals surface area contributed by atoms with Gasteiger partial charge in [-0.3, -0.25) is 4.57 Å². The van der Waals surface area contributed by atoms with Gasteiger partial charge >= 0.3 is 0 Å². The first kappa shape index (κ1) is 12.9. The summed E-state index contributed by atoms with van der Waals surface area (Å²) in [4.78, 5) is 0. The molecular weight excluding hydrogens is 231 g/mol. The first-order valence-electron chi connectivity index (χ1n) is 6.44. The highest BCUT2D eigenvalue weighted by Gasteiger charge is 2.30. The molecule has 1 aliphatic rings. The summed E-state index contributed by atoms with van der Waals surface area (Å²) in [6.07, 6.45) is 5.84. The van der Waals surface area contributed by atoms with E-state index in [0.29, 0.717) is 12.3 Å². The molecule has 2 nitrogen and oxygen atoms in total. The van der Waals surface area contributed by atoms with Crippen LogP contribution < -0.4 is 0 Å². The van der Waals surface area contributed by atoms with Crippen molar-refractivity contribution < 1.29 is 9.09 Å². The lowest BCUT2D eigenvalue weighted by Crippen LogP contribution is -2.14. The average Bonchev–Trinajstić information content (AvgIpc) is 2.39. The predicted octanol–water partition coefficient (Wildman–Crippen LogP) is 4.44. The Morgan fingerprint density at radius 2 is 1.82 bits per heavy atom. The van der Waals surface area contributed by atoms with E-state index in [1.165, 1.54) is 19.3 Å². The highest BCUT2D eigenvalue weighted by molar-refractivity contribution is 7.58. The molecule has 0 aliphatic heterocycles. The molecule has 0 bridgehead atoms. The summed E-state index contributed by atoms with van der Waals surface area (Å²) in [5, 5.41) is 0. The Morgan fingerprint density at radius 1 is 1.18 bits per heavy atom. The quantitative estimate of drug-likeness (QED) is 0.740. The maximum Gasteiger partial charge on any atom is 0.203 e. The predicted molar refractivity (Wildman–Crippen MR) is 71.6 cm³/mol. The molecule has 1 aliphatic carbocycles. The summed E-state index contributed by atoms with van der Waals surface area (Å²) < 4.78 is 18.2. The van der Waals surface area contributed by atoms with Crippen molar-refractivity contribution in [1.29, 1.82) is 0 Å². The summed E-state index contributed by atoms with van der Waals surface area (Å²) in [5.41, 5.74) is 1.39. The van der Waals surface area contributed by atoms with Crippen LogP contribution in [0.3, 0.4) is 0 Å². The normalized spacial score (nSPS) is 21.0. The molecule has 0 radical (unpaired) electrons. The average molecular weight is 252 g/mol. The molecule has 3 heteroatoms. The zero-order valence-corrected chi connectivity index (χ0v) is 11.4. The molecule has 1 atom stereocenters. The fourth-order valence-corrected chi connectivity index (χ4v) is 4.35. The van der Waals surface area contributed by atoms with Gasteiger partial charge in [-0.15, -0.1) is 0 Å². The van der Waals surface area contributed by atoms with Gasteiger partial charge in [0.05, 0.1) is 6.61 Å². The van der Waals surface area contributed by atoms with Gasteiger partial charge in [-0.2, -0.15) is 0 Å². The van der Waals surface area contributed by atoms with E-state index in [1.54, 1.807) is 0 Å². The Labute approximate surface area is 104 Å². The summed E-state index contributed by atoms with van der Waals surface area (Å²) >= 11 is 0. The van der Waals surface area contributed by atoms with Crippen LogP contribution in [0.15, 0.2) is 30.3 Å². The first-order valence-corrected chi connectivity index (χ1v) is 8.58. The van der Waals surface area contributed by atoms with Crippen LogP contribution in [0.4, 0.5) is 0 Å². The van der Waals surface area contributed by atoms with Crippen LogP contribution in [-0.4, -0.2) is 12.3 Å². The smallest absolute Gasteiger partial charge is 0.203 e. The third-order valence-corrected chi connectivity index (χ3v) is 6.05. The second kappa shape index (κ2) is 5.84. The molecule has 1 aromatic rings. The van der Waals surface area contributed by atoms with Crippen LogP contribution in [0, 0.1) is 0 Å². The van der Waals surface area contributed by atoms with E-state index in [-0.39, 0.29) is 0 Å². The van der Waals surface area contributed by atoms with E-state index in [1.807, 2.05) is 37.0 Å². The van der Waals surface area contributed by atoms with Gasteiger partial charge in [0.15, 0.2) is 0 Å². The van der Waals surface area contributed by atoms with Gasteiger partial charge in [0.1, 0.15) is 0 Å². The molecular formula is C14H21O2P. The topological polar surface area (TPSA) is 26.3 Å². The Hall–Kier alpha value is -0.590. The van der Waals surface area contributed by atoms with Gasteiger partial charge in [0, 0.05) is 12.3 Å². The molecule has 0 heterocycles. The van der Waals surface area contributed by atoms with Crippen LogP contribution in [-0.2, 0) is 15.7 Å². The van der Waals surface area contributed by atoms with E-state index < -0.39 is 7.37 Å². The van der Waals surface area contributed by atoms with Gasteiger partial charge in [-0.05, 0) is 18.4 Å². The van der Waals surface area contributed by atoms with E-state index in [9.17, 15) is 4.57 Å². The van der Waals surface area contributed by atoms with Crippen molar-refractivity contribution in [3.63, 3.8) is 0 Å². The molecule has 2 rings (SSSR count). The monoisotopic (exact) mass is 252 g/mol. The van der Waals surface area contributed by atoms with Gasteiger partial charge in [0.25, 0.3) is 0 Å². The minimum atomic E-state index is -2.43. The summed E-state index contributed by atoms with van der Waals surface area (Å²) in [6.45, 7) is 2.29. The van der Waals surface area contributed by atoms with Crippen molar-refractivity contribution in [2.75, 3.05) is 6.66 Å². The van der Waals surface area contributed by atoms with Crippen molar-refractivity contribution in [2.45, 2.75) is 44.4 Å². The maximum atomic E-state index is 12.5. The highest BCUT2D eigenvalue weighted by Crippen LogP contribution is 2.53. The third kappa shape index (κ3) is 3.69. The number of benzene rings is 1. The van der Waals surface area contributed by atoms with Crippen molar-refractivity contribution in [1.82, 2.24) is 0 Å². The number of hydrogen-bond donors (Lipinski definition) is 0. The Kier molecular flexibility index (Phi) is 4.42. The van der Waals surface area contributed by atoms with Crippen LogP contribution in [0.25, 0.3) is 0 Å². The molecule has 1 saturated carbocycles. The Morgan fingerprint density at radius 3 is 2.47 bits per heavy atom. The molecule has 0 N–H and O–H groups in total. The van der Waals surface area contributed by atoms with Crippen molar-refractivity contribution in [3.05, 3.63) is 35.9 Å². The lowest BCUT2D eigenvalue weighted by atomic mass is 10.0. The molecule has 0 amide bonds. The third-order valence-electron chi connectivity index (χ3n) is 3.57. The minimum absolute atomic E-state index is 0.292. The molecule has 17 heavy (non-hydrogen) atoms. The number of hydrogen-bond acceptors (Lipinski definition) is 2. The van der Waals surface area contributed by atoms with Crippen LogP contribution >= 0.6 is 7.37 Å². The van der Waals surface area contributed by atoms with Gasteiger partial charge < -0.3 is 4.52 Å². The maximum absolute atomic E-state index is 12.5. The van der Waals surface area contributed by atoms with Crippen LogP contribution in [0.5, 0.6) is 0 Å². The molecule has 1 aromatic carbocycles. The zero-order valence-electron chi connectivity index (χ0n) is 10.5. The molecule has 0 aromatic heterocycles. The fraction of sp³-hybridized carbons (Fsp3) is 0.571. The first-order chi connectivity index (χ1) is 8.18. The van der Waals surface area contributed by atoms with Gasteiger partial charge in [0.2, 0.25) is 7.37 Å². The van der Waals surface area contributed by atoms with E-state index in [2.05, 4.69) is 0 Å². The molecule has 94 valence electrons. The minimum Gasteiger partial charge on any atom is -0.324 e. The summed E-state index contributed by atoms with van der Waals surface area (Å²) in [6, 6.07) is 9.98. The van der Waals surface area contributed by atoms with Crippen molar-refractivity contribution >= 4 is 7.37 Å². The van der Waals surface area contributed by atoms with E-state index >= 15 is 0 Å². The summed E-state index contributed by atoms with van der Waals surface area (Å²) in [5.74, 6) is 0. The van der Waals surface area contributed by atoms with Crippen LogP contribution in [0.2, 0.25) is 0 Å². The Balaban J connectivity index is 1.90. The van der Waals surface area contributed by atoms with Gasteiger partial charge in [-0.1, -0.05) is 49.6 Å². The summed E-state index contributed by atoms with van der Waals surface area (Å²) in [7, 11) is -2.43. The highest BCUT2D eigenvalue weighted by atomic mass is 31.2. The fourth-order valence-electron chi connectivity index (χ4n) is 2.43. The molecule has 1 fully saturated rings. The molecule has 1 unspecified atom stereocenters. The van der Waals surface area contributed by atoms with Crippen molar-refractivity contribution in [3.8, 4) is 0 Å². The second-order valence-corrected chi connectivity index (χ2v) is 7.77. The lowest BCUT2D eigenvalue weighted by molar-refractivity contribution is 0.291. The van der Waals surface area contributed by atoms with Gasteiger partial charge in [-0.25, -0.2) is 0 Å². The number of rotatable bonds is 4. The zero-order chi connectivity index (χ0) is 12.1. The van der Waals surface area contributed by atoms with Crippen molar-refractivity contribution in [2.24, 2.45) is 0 Å². The standard InChI is InChI=1S/C14H21O2P/c1-17(15,14-10-6-3-7-11-14)16-12-13-8-4-2-5-9-13/h2,4-5,8-9,14H,3,6-7,10-12H2,1H3. The largest absolute Gasteiger partial charge is 0.324 e.